The lowest BCUT2D eigenvalue weighted by atomic mass is 9.57. The van der Waals surface area contributed by atoms with Crippen molar-refractivity contribution in [3.63, 3.8) is 0 Å². The van der Waals surface area contributed by atoms with E-state index in [9.17, 15) is 4.79 Å². The molecule has 0 bridgehead atoms. The van der Waals surface area contributed by atoms with Gasteiger partial charge in [-0.05, 0) is 25.5 Å². The lowest BCUT2D eigenvalue weighted by Crippen LogP contribution is -2.70. The summed E-state index contributed by atoms with van der Waals surface area (Å²) in [6.45, 7) is 4.52. The fourth-order valence-electron chi connectivity index (χ4n) is 2.48. The zero-order valence-electron chi connectivity index (χ0n) is 9.22. The van der Waals surface area contributed by atoms with Crippen molar-refractivity contribution < 1.29 is 4.79 Å². The molecule has 2 fully saturated rings. The Labute approximate surface area is 90.2 Å². The summed E-state index contributed by atoms with van der Waals surface area (Å²) < 4.78 is 0.293. The zero-order valence-corrected chi connectivity index (χ0v) is 10.0. The fourth-order valence-corrected chi connectivity index (χ4v) is 2.81. The summed E-state index contributed by atoms with van der Waals surface area (Å²) in [5, 5.41) is 3.07. The Morgan fingerprint density at radius 2 is 2.21 bits per heavy atom. The fraction of sp³-hybridized carbons (Fsp3) is 0.909. The number of thioether (sulfide) groups is 1. The summed E-state index contributed by atoms with van der Waals surface area (Å²) >= 11 is 1.89. The highest BCUT2D eigenvalue weighted by Crippen LogP contribution is 2.52. The maximum absolute atomic E-state index is 11.5. The number of hydrogen-bond donors (Lipinski definition) is 1. The summed E-state index contributed by atoms with van der Waals surface area (Å²) in [5.41, 5.74) is 0.0625. The third kappa shape index (κ3) is 1.37. The van der Waals surface area contributed by atoms with Crippen LogP contribution >= 0.6 is 11.8 Å². The molecular formula is C11H19NOS. The first-order valence-electron chi connectivity index (χ1n) is 5.36. The Hall–Kier alpha value is -0.180. The molecule has 1 aliphatic carbocycles. The van der Waals surface area contributed by atoms with Gasteiger partial charge in [0, 0.05) is 10.8 Å². The van der Waals surface area contributed by atoms with E-state index in [0.29, 0.717) is 16.7 Å². The minimum atomic E-state index is 0.0625. The van der Waals surface area contributed by atoms with Crippen molar-refractivity contribution in [2.45, 2.75) is 50.3 Å². The van der Waals surface area contributed by atoms with Crippen LogP contribution in [0.4, 0.5) is 0 Å². The van der Waals surface area contributed by atoms with Crippen molar-refractivity contribution in [1.29, 1.82) is 0 Å². The molecule has 1 atom stereocenters. The third-order valence-electron chi connectivity index (χ3n) is 3.92. The van der Waals surface area contributed by atoms with Gasteiger partial charge in [0.2, 0.25) is 5.91 Å². The largest absolute Gasteiger partial charge is 0.352 e. The molecule has 2 rings (SSSR count). The van der Waals surface area contributed by atoms with Gasteiger partial charge in [-0.3, -0.25) is 4.79 Å². The first kappa shape index (κ1) is 10.3. The highest BCUT2D eigenvalue weighted by Gasteiger charge is 2.58. The van der Waals surface area contributed by atoms with Crippen LogP contribution in [0.1, 0.15) is 39.5 Å². The molecule has 2 aliphatic rings. The van der Waals surface area contributed by atoms with Crippen LogP contribution in [0.15, 0.2) is 0 Å². The van der Waals surface area contributed by atoms with Crippen molar-refractivity contribution in [2.75, 3.05) is 6.26 Å². The standard InChI is InChI=1S/C11H19NOS/c1-10(2,14-3)7-8-11(5-4-6-11)9(13)12-8/h8H,4-7H2,1-3H3,(H,12,13). The molecule has 0 radical (unpaired) electrons. The van der Waals surface area contributed by atoms with E-state index in [1.54, 1.807) is 0 Å². The number of nitrogens with one attached hydrogen (secondary N) is 1. The summed E-state index contributed by atoms with van der Waals surface area (Å²) in [4.78, 5) is 11.5. The average molecular weight is 213 g/mol. The molecular weight excluding hydrogens is 194 g/mol. The van der Waals surface area contributed by atoms with Crippen LogP contribution in [0, 0.1) is 5.41 Å². The summed E-state index contributed by atoms with van der Waals surface area (Å²) in [6, 6.07) is 0.450. The molecule has 1 amide bonds. The van der Waals surface area contributed by atoms with Gasteiger partial charge in [0.15, 0.2) is 0 Å². The maximum Gasteiger partial charge on any atom is 0.228 e. The Bertz CT molecular complexity index is 258. The van der Waals surface area contributed by atoms with Crippen LogP contribution in [-0.4, -0.2) is 23.0 Å². The quantitative estimate of drug-likeness (QED) is 0.728. The van der Waals surface area contributed by atoms with Crippen molar-refractivity contribution in [3.05, 3.63) is 0 Å². The molecule has 2 nitrogen and oxygen atoms in total. The average Bonchev–Trinajstić information content (AvgIpc) is 2.00. The van der Waals surface area contributed by atoms with Gasteiger partial charge in [-0.1, -0.05) is 20.3 Å². The van der Waals surface area contributed by atoms with Crippen LogP contribution in [0.3, 0.4) is 0 Å². The Morgan fingerprint density at radius 1 is 1.57 bits per heavy atom. The molecule has 3 heteroatoms. The van der Waals surface area contributed by atoms with Crippen LogP contribution in [0.25, 0.3) is 0 Å². The van der Waals surface area contributed by atoms with Crippen molar-refractivity contribution in [3.8, 4) is 0 Å². The molecule has 0 aromatic carbocycles. The number of carbonyl (C=O) groups excluding carboxylic acids is 1. The van der Waals surface area contributed by atoms with Gasteiger partial charge in [0.1, 0.15) is 0 Å². The normalized spacial score (nSPS) is 29.4. The van der Waals surface area contributed by atoms with Crippen LogP contribution in [-0.2, 0) is 4.79 Å². The summed E-state index contributed by atoms with van der Waals surface area (Å²) in [7, 11) is 0. The first-order valence-corrected chi connectivity index (χ1v) is 6.59. The Kier molecular flexibility index (Phi) is 2.33. The van der Waals surface area contributed by atoms with Crippen molar-refractivity contribution >= 4 is 17.7 Å². The molecule has 1 spiro atoms. The number of rotatable bonds is 3. The molecule has 14 heavy (non-hydrogen) atoms. The summed E-state index contributed by atoms with van der Waals surface area (Å²) in [5.74, 6) is 0.311. The summed E-state index contributed by atoms with van der Waals surface area (Å²) in [6.07, 6.45) is 6.74. The predicted octanol–water partition coefficient (Wildman–Crippen LogP) is 2.19. The molecule has 80 valence electrons. The van der Waals surface area contributed by atoms with E-state index >= 15 is 0 Å². The monoisotopic (exact) mass is 213 g/mol. The second-order valence-electron chi connectivity index (χ2n) is 5.20. The maximum atomic E-state index is 11.5. The number of β-lactam (4-membered cyclic amide) rings is 1. The molecule has 1 unspecified atom stereocenters. The van der Waals surface area contributed by atoms with Crippen molar-refractivity contribution in [1.82, 2.24) is 5.32 Å². The second-order valence-corrected chi connectivity index (χ2v) is 6.72. The molecule has 1 N–H and O–H groups in total. The molecule has 0 aromatic heterocycles. The van der Waals surface area contributed by atoms with Gasteiger partial charge >= 0.3 is 0 Å². The Morgan fingerprint density at radius 3 is 2.57 bits per heavy atom. The number of carbonyl (C=O) groups is 1. The topological polar surface area (TPSA) is 29.1 Å². The van der Waals surface area contributed by atoms with E-state index in [0.717, 1.165) is 19.3 Å². The van der Waals surface area contributed by atoms with E-state index in [1.165, 1.54) is 6.42 Å². The van der Waals surface area contributed by atoms with Gasteiger partial charge in [0.25, 0.3) is 0 Å². The van der Waals surface area contributed by atoms with E-state index < -0.39 is 0 Å². The molecule has 1 heterocycles. The van der Waals surface area contributed by atoms with Crippen LogP contribution in [0.5, 0.6) is 0 Å². The molecule has 1 saturated heterocycles. The zero-order chi connectivity index (χ0) is 10.4. The van der Waals surface area contributed by atoms with Crippen LogP contribution < -0.4 is 5.32 Å². The lowest BCUT2D eigenvalue weighted by Gasteiger charge is -2.56. The van der Waals surface area contributed by atoms with Gasteiger partial charge in [0.05, 0.1) is 5.41 Å². The second kappa shape index (κ2) is 3.16. The van der Waals surface area contributed by atoms with E-state index in [2.05, 4.69) is 25.4 Å². The van der Waals surface area contributed by atoms with Gasteiger partial charge in [-0.2, -0.15) is 11.8 Å². The third-order valence-corrected chi connectivity index (χ3v) is 5.19. The highest BCUT2D eigenvalue weighted by atomic mass is 32.2. The highest BCUT2D eigenvalue weighted by molar-refractivity contribution is 7.99. The number of amides is 1. The lowest BCUT2D eigenvalue weighted by molar-refractivity contribution is -0.155. The van der Waals surface area contributed by atoms with Gasteiger partial charge in [-0.25, -0.2) is 0 Å². The molecule has 1 aliphatic heterocycles. The SMILES string of the molecule is CSC(C)(C)CC1NC(=O)C12CCC2. The van der Waals surface area contributed by atoms with E-state index in [-0.39, 0.29) is 5.41 Å². The molecule has 1 saturated carbocycles. The van der Waals surface area contributed by atoms with Gasteiger partial charge < -0.3 is 5.32 Å². The van der Waals surface area contributed by atoms with Crippen LogP contribution in [0.2, 0.25) is 0 Å². The first-order chi connectivity index (χ1) is 6.50. The molecule has 0 aromatic rings. The van der Waals surface area contributed by atoms with Gasteiger partial charge in [-0.15, -0.1) is 0 Å². The minimum Gasteiger partial charge on any atom is -0.352 e. The number of hydrogen-bond acceptors (Lipinski definition) is 2. The Balaban J connectivity index is 1.98. The predicted molar refractivity (Wildman–Crippen MR) is 60.4 cm³/mol. The van der Waals surface area contributed by atoms with E-state index in [4.69, 9.17) is 0 Å². The van der Waals surface area contributed by atoms with Crippen molar-refractivity contribution in [2.24, 2.45) is 5.41 Å². The minimum absolute atomic E-state index is 0.0625. The van der Waals surface area contributed by atoms with E-state index in [1.807, 2.05) is 11.8 Å². The smallest absolute Gasteiger partial charge is 0.228 e.